The monoisotopic (exact) mass is 411 g/mol. The number of carbonyl (C=O) groups excluding carboxylic acids is 1. The van der Waals surface area contributed by atoms with Crippen molar-refractivity contribution in [2.75, 3.05) is 10.6 Å². The van der Waals surface area contributed by atoms with Crippen LogP contribution in [0.25, 0.3) is 10.9 Å². The second kappa shape index (κ2) is 7.84. The van der Waals surface area contributed by atoms with E-state index in [4.69, 9.17) is 20.9 Å². The van der Waals surface area contributed by atoms with Crippen molar-refractivity contribution in [1.29, 1.82) is 0 Å². The van der Waals surface area contributed by atoms with Crippen molar-refractivity contribution < 1.29 is 14.1 Å². The maximum atomic E-state index is 12.3. The van der Waals surface area contributed by atoms with Crippen molar-refractivity contribution in [3.63, 3.8) is 0 Å². The molecule has 0 radical (unpaired) electrons. The summed E-state index contributed by atoms with van der Waals surface area (Å²) in [6, 6.07) is 11.9. The summed E-state index contributed by atoms with van der Waals surface area (Å²) in [4.78, 5) is 12.3. The van der Waals surface area contributed by atoms with E-state index in [2.05, 4.69) is 26.0 Å². The number of nitrogens with one attached hydrogen (secondary N) is 3. The molecule has 0 atom stereocenters. The maximum Gasteiger partial charge on any atom is 0.324 e. The van der Waals surface area contributed by atoms with Gasteiger partial charge < -0.3 is 14.6 Å². The molecule has 0 spiro atoms. The number of anilines is 2. The number of H-pyrrole nitrogens is 1. The first kappa shape index (κ1) is 18.8. The third-order valence-corrected chi connectivity index (χ3v) is 4.65. The van der Waals surface area contributed by atoms with Gasteiger partial charge in [-0.25, -0.2) is 4.79 Å². The van der Waals surface area contributed by atoms with Gasteiger partial charge in [0.25, 0.3) is 0 Å². The number of amides is 2. The molecule has 0 saturated carbocycles. The molecule has 0 aliphatic rings. The Kier molecular flexibility index (Phi) is 5.09. The number of aromatic nitrogens is 3. The third-order valence-electron chi connectivity index (χ3n) is 4.41. The SMILES string of the molecule is Cc1noc(C)c1COc1ccc2[nH]nc(NC(=O)Nc3cccc(Cl)c3)c2c1. The quantitative estimate of drug-likeness (QED) is 0.426. The Bertz CT molecular complexity index is 1160. The van der Waals surface area contributed by atoms with Gasteiger partial charge in [-0.2, -0.15) is 5.10 Å². The first-order valence-electron chi connectivity index (χ1n) is 8.86. The molecule has 2 amide bonds. The second-order valence-electron chi connectivity index (χ2n) is 6.46. The van der Waals surface area contributed by atoms with Gasteiger partial charge in [-0.1, -0.05) is 22.8 Å². The lowest BCUT2D eigenvalue weighted by Crippen LogP contribution is -2.19. The van der Waals surface area contributed by atoms with Crippen molar-refractivity contribution >= 4 is 40.0 Å². The van der Waals surface area contributed by atoms with Crippen molar-refractivity contribution in [3.05, 3.63) is 64.5 Å². The number of aromatic amines is 1. The van der Waals surface area contributed by atoms with E-state index in [0.29, 0.717) is 28.9 Å². The number of benzene rings is 2. The lowest BCUT2D eigenvalue weighted by Gasteiger charge is -2.08. The van der Waals surface area contributed by atoms with Crippen LogP contribution in [0.15, 0.2) is 47.0 Å². The summed E-state index contributed by atoms with van der Waals surface area (Å²) in [6.07, 6.45) is 0. The second-order valence-corrected chi connectivity index (χ2v) is 6.90. The smallest absolute Gasteiger partial charge is 0.324 e. The highest BCUT2D eigenvalue weighted by Crippen LogP contribution is 2.27. The highest BCUT2D eigenvalue weighted by Gasteiger charge is 2.13. The first-order chi connectivity index (χ1) is 14.0. The van der Waals surface area contributed by atoms with E-state index in [1.54, 1.807) is 24.3 Å². The standard InChI is InChI=1S/C20H18ClN5O3/c1-11-17(12(2)29-26-11)10-28-15-6-7-18-16(9-15)19(25-24-18)23-20(27)22-14-5-3-4-13(21)8-14/h3-9H,10H2,1-2H3,(H3,22,23,24,25,27). The fraction of sp³-hybridized carbons (Fsp3) is 0.150. The zero-order valence-electron chi connectivity index (χ0n) is 15.7. The van der Waals surface area contributed by atoms with Gasteiger partial charge in [0.1, 0.15) is 18.1 Å². The molecule has 0 aliphatic heterocycles. The molecule has 2 heterocycles. The van der Waals surface area contributed by atoms with Crippen LogP contribution in [0.5, 0.6) is 5.75 Å². The largest absolute Gasteiger partial charge is 0.489 e. The average molecular weight is 412 g/mol. The Labute approximate surface area is 171 Å². The zero-order chi connectivity index (χ0) is 20.4. The number of urea groups is 1. The minimum Gasteiger partial charge on any atom is -0.489 e. The molecule has 4 rings (SSSR count). The molecule has 0 bridgehead atoms. The lowest BCUT2D eigenvalue weighted by atomic mass is 10.2. The summed E-state index contributed by atoms with van der Waals surface area (Å²) in [6.45, 7) is 4.05. The fourth-order valence-corrected chi connectivity index (χ4v) is 3.07. The molecule has 0 saturated heterocycles. The highest BCUT2D eigenvalue weighted by atomic mass is 35.5. The van der Waals surface area contributed by atoms with Gasteiger partial charge in [0.05, 0.1) is 16.8 Å². The summed E-state index contributed by atoms with van der Waals surface area (Å²) >= 11 is 5.94. The number of fused-ring (bicyclic) bond motifs is 1. The lowest BCUT2D eigenvalue weighted by molar-refractivity contribution is 0.262. The predicted octanol–water partition coefficient (Wildman–Crippen LogP) is 5.04. The Morgan fingerprint density at radius 1 is 1.21 bits per heavy atom. The van der Waals surface area contributed by atoms with Crippen LogP contribution in [0, 0.1) is 13.8 Å². The average Bonchev–Trinajstić information content (AvgIpc) is 3.23. The molecule has 2 aromatic carbocycles. The van der Waals surface area contributed by atoms with Crippen molar-refractivity contribution in [2.45, 2.75) is 20.5 Å². The molecule has 8 nitrogen and oxygen atoms in total. The van der Waals surface area contributed by atoms with Gasteiger partial charge in [0.15, 0.2) is 5.82 Å². The molecule has 4 aromatic rings. The van der Waals surface area contributed by atoms with Gasteiger partial charge in [0.2, 0.25) is 0 Å². The molecule has 0 fully saturated rings. The van der Waals surface area contributed by atoms with E-state index >= 15 is 0 Å². The van der Waals surface area contributed by atoms with E-state index in [0.717, 1.165) is 27.9 Å². The van der Waals surface area contributed by atoms with Crippen LogP contribution >= 0.6 is 11.6 Å². The van der Waals surface area contributed by atoms with Crippen molar-refractivity contribution in [2.24, 2.45) is 0 Å². The number of nitrogens with zero attached hydrogens (tertiary/aromatic N) is 2. The predicted molar refractivity (Wildman–Crippen MR) is 110 cm³/mol. The van der Waals surface area contributed by atoms with E-state index in [-0.39, 0.29) is 0 Å². The summed E-state index contributed by atoms with van der Waals surface area (Å²) < 4.78 is 11.0. The molecular weight excluding hydrogens is 394 g/mol. The van der Waals surface area contributed by atoms with Crippen LogP contribution < -0.4 is 15.4 Å². The minimum atomic E-state index is -0.428. The molecule has 29 heavy (non-hydrogen) atoms. The van der Waals surface area contributed by atoms with Crippen LogP contribution in [0.3, 0.4) is 0 Å². The van der Waals surface area contributed by atoms with Gasteiger partial charge in [-0.3, -0.25) is 10.4 Å². The Hall–Kier alpha value is -3.52. The number of carbonyl (C=O) groups is 1. The Morgan fingerprint density at radius 2 is 2.07 bits per heavy atom. The van der Waals surface area contributed by atoms with Crippen LogP contribution in [-0.2, 0) is 6.61 Å². The summed E-state index contributed by atoms with van der Waals surface area (Å²) in [5, 5.41) is 17.7. The van der Waals surface area contributed by atoms with E-state index < -0.39 is 6.03 Å². The molecule has 148 valence electrons. The Morgan fingerprint density at radius 3 is 2.83 bits per heavy atom. The number of hydrogen-bond acceptors (Lipinski definition) is 5. The van der Waals surface area contributed by atoms with Crippen LogP contribution in [0.4, 0.5) is 16.3 Å². The van der Waals surface area contributed by atoms with E-state index in [1.165, 1.54) is 0 Å². The van der Waals surface area contributed by atoms with Crippen molar-refractivity contribution in [1.82, 2.24) is 15.4 Å². The molecule has 2 aromatic heterocycles. The Balaban J connectivity index is 1.48. The summed E-state index contributed by atoms with van der Waals surface area (Å²) in [7, 11) is 0. The van der Waals surface area contributed by atoms with Crippen LogP contribution in [0.2, 0.25) is 5.02 Å². The number of halogens is 1. The molecule has 0 unspecified atom stereocenters. The topological polar surface area (TPSA) is 105 Å². The number of rotatable bonds is 5. The van der Waals surface area contributed by atoms with Gasteiger partial charge in [-0.05, 0) is 50.2 Å². The van der Waals surface area contributed by atoms with Gasteiger partial charge in [0, 0.05) is 16.1 Å². The summed E-state index contributed by atoms with van der Waals surface area (Å²) in [5.74, 6) is 1.76. The van der Waals surface area contributed by atoms with Crippen LogP contribution in [0.1, 0.15) is 17.0 Å². The third kappa shape index (κ3) is 4.17. The van der Waals surface area contributed by atoms with E-state index in [1.807, 2.05) is 32.0 Å². The van der Waals surface area contributed by atoms with E-state index in [9.17, 15) is 4.79 Å². The van der Waals surface area contributed by atoms with Crippen molar-refractivity contribution in [3.8, 4) is 5.75 Å². The molecule has 3 N–H and O–H groups in total. The fourth-order valence-electron chi connectivity index (χ4n) is 2.88. The molecule has 9 heteroatoms. The summed E-state index contributed by atoms with van der Waals surface area (Å²) in [5.41, 5.74) is 3.06. The zero-order valence-corrected chi connectivity index (χ0v) is 16.5. The molecule has 0 aliphatic carbocycles. The number of aryl methyl sites for hydroxylation is 2. The first-order valence-corrected chi connectivity index (χ1v) is 9.23. The number of hydrogen-bond donors (Lipinski definition) is 3. The number of ether oxygens (including phenoxy) is 1. The maximum absolute atomic E-state index is 12.3. The van der Waals surface area contributed by atoms with Gasteiger partial charge in [-0.15, -0.1) is 0 Å². The molecular formula is C20H18ClN5O3. The highest BCUT2D eigenvalue weighted by molar-refractivity contribution is 6.30. The normalized spacial score (nSPS) is 10.9. The minimum absolute atomic E-state index is 0.336. The van der Waals surface area contributed by atoms with Crippen LogP contribution in [-0.4, -0.2) is 21.4 Å². The van der Waals surface area contributed by atoms with Gasteiger partial charge >= 0.3 is 6.03 Å².